The summed E-state index contributed by atoms with van der Waals surface area (Å²) in [6, 6.07) is 2.03. The van der Waals surface area contributed by atoms with Gasteiger partial charge < -0.3 is 0 Å². The molecule has 0 saturated heterocycles. The summed E-state index contributed by atoms with van der Waals surface area (Å²) in [5, 5.41) is 4.20. The minimum absolute atomic E-state index is 1.04. The number of hydrogen-bond acceptors (Lipinski definition) is 1. The fourth-order valence-corrected chi connectivity index (χ4v) is 0.953. The molecule has 0 unspecified atom stereocenters. The van der Waals surface area contributed by atoms with Crippen LogP contribution in [0.3, 0.4) is 0 Å². The van der Waals surface area contributed by atoms with Crippen molar-refractivity contribution in [3.63, 3.8) is 0 Å². The van der Waals surface area contributed by atoms with Crippen LogP contribution < -0.4 is 0 Å². The van der Waals surface area contributed by atoms with E-state index in [1.807, 2.05) is 36.9 Å². The van der Waals surface area contributed by atoms with Gasteiger partial charge >= 0.3 is 0 Å². The van der Waals surface area contributed by atoms with E-state index in [-0.39, 0.29) is 0 Å². The van der Waals surface area contributed by atoms with Crippen molar-refractivity contribution in [1.29, 1.82) is 0 Å². The Kier molecular flexibility index (Phi) is 2.26. The topological polar surface area (TPSA) is 17.8 Å². The standard InChI is InChI=1S/C9H12N2/c1-4-5-6-9-7-8(2)10-11(9)3/h4-7H,1H2,2-3H3/b6-5-. The van der Waals surface area contributed by atoms with Crippen LogP contribution in [0.25, 0.3) is 6.08 Å². The van der Waals surface area contributed by atoms with Crippen LogP contribution in [0, 0.1) is 6.92 Å². The van der Waals surface area contributed by atoms with Crippen molar-refractivity contribution in [1.82, 2.24) is 9.78 Å². The van der Waals surface area contributed by atoms with Crippen molar-refractivity contribution in [2.75, 3.05) is 0 Å². The van der Waals surface area contributed by atoms with E-state index < -0.39 is 0 Å². The van der Waals surface area contributed by atoms with Gasteiger partial charge in [-0.15, -0.1) is 0 Å². The third kappa shape index (κ3) is 1.80. The highest BCUT2D eigenvalue weighted by molar-refractivity contribution is 5.47. The summed E-state index contributed by atoms with van der Waals surface area (Å²) in [7, 11) is 1.93. The summed E-state index contributed by atoms with van der Waals surface area (Å²) in [6.07, 6.45) is 5.63. The molecule has 1 aromatic heterocycles. The Labute approximate surface area is 66.8 Å². The Balaban J connectivity index is 2.93. The molecule has 0 saturated carbocycles. The lowest BCUT2D eigenvalue weighted by atomic mass is 10.3. The maximum atomic E-state index is 4.20. The average molecular weight is 148 g/mol. The molecule has 0 radical (unpaired) electrons. The fraction of sp³-hybridized carbons (Fsp3) is 0.222. The number of allylic oxidation sites excluding steroid dienone is 2. The molecule has 0 bridgehead atoms. The highest BCUT2D eigenvalue weighted by atomic mass is 15.3. The zero-order valence-corrected chi connectivity index (χ0v) is 6.91. The predicted octanol–water partition coefficient (Wildman–Crippen LogP) is 1.93. The van der Waals surface area contributed by atoms with Gasteiger partial charge in [0.15, 0.2) is 0 Å². The average Bonchev–Trinajstić information content (AvgIpc) is 2.26. The zero-order chi connectivity index (χ0) is 8.27. The Hall–Kier alpha value is -1.31. The first-order chi connectivity index (χ1) is 5.24. The lowest BCUT2D eigenvalue weighted by Crippen LogP contribution is -1.92. The summed E-state index contributed by atoms with van der Waals surface area (Å²) < 4.78 is 1.84. The molecule has 0 aliphatic heterocycles. The van der Waals surface area contributed by atoms with Crippen molar-refractivity contribution in [3.05, 3.63) is 36.2 Å². The van der Waals surface area contributed by atoms with Gasteiger partial charge in [0.25, 0.3) is 0 Å². The molecule has 0 aromatic carbocycles. The molecule has 0 aliphatic rings. The molecule has 11 heavy (non-hydrogen) atoms. The number of nitrogens with zero attached hydrogens (tertiary/aromatic N) is 2. The number of hydrogen-bond donors (Lipinski definition) is 0. The molecular formula is C9H12N2. The fourth-order valence-electron chi connectivity index (χ4n) is 0.953. The molecule has 0 atom stereocenters. The molecule has 2 nitrogen and oxygen atoms in total. The molecule has 1 rings (SSSR count). The molecule has 1 heterocycles. The molecular weight excluding hydrogens is 136 g/mol. The summed E-state index contributed by atoms with van der Waals surface area (Å²) in [4.78, 5) is 0. The van der Waals surface area contributed by atoms with E-state index in [9.17, 15) is 0 Å². The molecule has 1 aromatic rings. The summed E-state index contributed by atoms with van der Waals surface area (Å²) in [6.45, 7) is 5.57. The van der Waals surface area contributed by atoms with Crippen LogP contribution in [0.2, 0.25) is 0 Å². The van der Waals surface area contributed by atoms with E-state index in [4.69, 9.17) is 0 Å². The molecule has 2 heteroatoms. The Morgan fingerprint density at radius 3 is 2.82 bits per heavy atom. The second-order valence-electron chi connectivity index (χ2n) is 2.43. The first-order valence-corrected chi connectivity index (χ1v) is 3.54. The molecule has 0 spiro atoms. The highest BCUT2D eigenvalue weighted by Gasteiger charge is 1.95. The Morgan fingerprint density at radius 1 is 1.64 bits per heavy atom. The lowest BCUT2D eigenvalue weighted by Gasteiger charge is -1.90. The van der Waals surface area contributed by atoms with Crippen LogP contribution in [0.5, 0.6) is 0 Å². The smallest absolute Gasteiger partial charge is 0.0609 e. The number of aryl methyl sites for hydroxylation is 2. The van der Waals surface area contributed by atoms with Gasteiger partial charge in [-0.3, -0.25) is 4.68 Å². The van der Waals surface area contributed by atoms with Crippen molar-refractivity contribution in [3.8, 4) is 0 Å². The number of rotatable bonds is 2. The van der Waals surface area contributed by atoms with Gasteiger partial charge in [0, 0.05) is 7.05 Å². The van der Waals surface area contributed by atoms with Gasteiger partial charge in [-0.25, -0.2) is 0 Å². The van der Waals surface area contributed by atoms with Crippen molar-refractivity contribution in [2.45, 2.75) is 6.92 Å². The van der Waals surface area contributed by atoms with Gasteiger partial charge in [0.1, 0.15) is 0 Å². The first-order valence-electron chi connectivity index (χ1n) is 3.54. The van der Waals surface area contributed by atoms with Crippen LogP contribution in [-0.4, -0.2) is 9.78 Å². The van der Waals surface area contributed by atoms with Crippen LogP contribution in [0.4, 0.5) is 0 Å². The lowest BCUT2D eigenvalue weighted by molar-refractivity contribution is 0.749. The van der Waals surface area contributed by atoms with Gasteiger partial charge in [-0.1, -0.05) is 18.7 Å². The van der Waals surface area contributed by atoms with Gasteiger partial charge in [0.2, 0.25) is 0 Å². The van der Waals surface area contributed by atoms with E-state index in [2.05, 4.69) is 11.7 Å². The van der Waals surface area contributed by atoms with Gasteiger partial charge in [0.05, 0.1) is 11.4 Å². The van der Waals surface area contributed by atoms with E-state index in [1.165, 1.54) is 0 Å². The monoisotopic (exact) mass is 148 g/mol. The normalized spacial score (nSPS) is 10.7. The van der Waals surface area contributed by atoms with Crippen molar-refractivity contribution in [2.24, 2.45) is 7.05 Å². The second-order valence-corrected chi connectivity index (χ2v) is 2.43. The molecule has 58 valence electrons. The van der Waals surface area contributed by atoms with Crippen molar-refractivity contribution >= 4 is 6.08 Å². The molecule has 0 aliphatic carbocycles. The first kappa shape index (κ1) is 7.79. The van der Waals surface area contributed by atoms with Crippen molar-refractivity contribution < 1.29 is 0 Å². The quantitative estimate of drug-likeness (QED) is 0.586. The van der Waals surface area contributed by atoms with Crippen LogP contribution in [0.1, 0.15) is 11.4 Å². The molecule has 0 amide bonds. The maximum absolute atomic E-state index is 4.20. The van der Waals surface area contributed by atoms with Crippen LogP contribution >= 0.6 is 0 Å². The predicted molar refractivity (Wildman–Crippen MR) is 47.2 cm³/mol. The number of aromatic nitrogens is 2. The summed E-state index contributed by atoms with van der Waals surface area (Å²) >= 11 is 0. The maximum Gasteiger partial charge on any atom is 0.0609 e. The van der Waals surface area contributed by atoms with Crippen LogP contribution in [0.15, 0.2) is 24.8 Å². The third-order valence-corrected chi connectivity index (χ3v) is 1.44. The largest absolute Gasteiger partial charge is 0.268 e. The zero-order valence-electron chi connectivity index (χ0n) is 6.91. The SMILES string of the molecule is C=C/C=C\c1cc(C)nn1C. The van der Waals surface area contributed by atoms with E-state index >= 15 is 0 Å². The Morgan fingerprint density at radius 2 is 2.36 bits per heavy atom. The second kappa shape index (κ2) is 3.19. The summed E-state index contributed by atoms with van der Waals surface area (Å²) in [5.41, 5.74) is 2.14. The third-order valence-electron chi connectivity index (χ3n) is 1.44. The van der Waals surface area contributed by atoms with E-state index in [0.29, 0.717) is 0 Å². The van der Waals surface area contributed by atoms with E-state index in [0.717, 1.165) is 11.4 Å². The van der Waals surface area contributed by atoms with Crippen LogP contribution in [-0.2, 0) is 7.05 Å². The molecule has 0 fully saturated rings. The Bertz CT molecular complexity index is 282. The minimum atomic E-state index is 1.04. The van der Waals surface area contributed by atoms with Gasteiger partial charge in [-0.05, 0) is 19.1 Å². The summed E-state index contributed by atoms with van der Waals surface area (Å²) in [5.74, 6) is 0. The van der Waals surface area contributed by atoms with E-state index in [1.54, 1.807) is 6.08 Å². The molecule has 0 N–H and O–H groups in total. The van der Waals surface area contributed by atoms with Gasteiger partial charge in [-0.2, -0.15) is 5.10 Å². The minimum Gasteiger partial charge on any atom is -0.268 e. The highest BCUT2D eigenvalue weighted by Crippen LogP contribution is 2.03.